The molecule has 0 saturated heterocycles. The number of aryl methyl sites for hydroxylation is 1. The summed E-state index contributed by atoms with van der Waals surface area (Å²) in [4.78, 5) is 12.5. The summed E-state index contributed by atoms with van der Waals surface area (Å²) < 4.78 is 42.5. The standard InChI is InChI=1S/C22H26N2O5S2/c1-4-6-7-16-8-13-19-20(14-16)30-22(24(19)15-21(25)29-5-2)23-31(26,27)18-11-9-17(28-3)10-12-18/h8-14H,4-7,15H2,1-3H3/b23-22-. The van der Waals surface area contributed by atoms with Crippen LogP contribution >= 0.6 is 11.3 Å². The van der Waals surface area contributed by atoms with Crippen molar-refractivity contribution in [2.24, 2.45) is 4.40 Å². The number of hydrogen-bond donors (Lipinski definition) is 0. The maximum absolute atomic E-state index is 12.9. The lowest BCUT2D eigenvalue weighted by Crippen LogP contribution is -2.23. The second-order valence-corrected chi connectivity index (χ2v) is 9.54. The zero-order chi connectivity index (χ0) is 22.4. The fourth-order valence-corrected chi connectivity index (χ4v) is 5.41. The van der Waals surface area contributed by atoms with E-state index >= 15 is 0 Å². The highest BCUT2D eigenvalue weighted by Crippen LogP contribution is 2.22. The second kappa shape index (κ2) is 10.1. The number of unbranched alkanes of at least 4 members (excludes halogenated alkanes) is 1. The number of nitrogens with zero attached hydrogens (tertiary/aromatic N) is 2. The van der Waals surface area contributed by atoms with Gasteiger partial charge in [0, 0.05) is 0 Å². The van der Waals surface area contributed by atoms with Gasteiger partial charge in [-0.2, -0.15) is 8.42 Å². The molecule has 0 radical (unpaired) electrons. The van der Waals surface area contributed by atoms with Gasteiger partial charge in [-0.25, -0.2) is 0 Å². The summed E-state index contributed by atoms with van der Waals surface area (Å²) in [6.45, 7) is 4.00. The Morgan fingerprint density at radius 3 is 2.52 bits per heavy atom. The summed E-state index contributed by atoms with van der Waals surface area (Å²) in [6, 6.07) is 12.0. The summed E-state index contributed by atoms with van der Waals surface area (Å²) in [5.74, 6) is 0.110. The molecule has 0 bridgehead atoms. The van der Waals surface area contributed by atoms with Gasteiger partial charge in [0.05, 0.1) is 28.8 Å². The van der Waals surface area contributed by atoms with Crippen molar-refractivity contribution in [1.82, 2.24) is 4.57 Å². The molecular formula is C22H26N2O5S2. The first-order valence-corrected chi connectivity index (χ1v) is 12.4. The number of carbonyl (C=O) groups excluding carboxylic acids is 1. The molecule has 0 aliphatic carbocycles. The molecule has 0 amide bonds. The van der Waals surface area contributed by atoms with Crippen LogP contribution in [0.2, 0.25) is 0 Å². The van der Waals surface area contributed by atoms with Crippen LogP contribution < -0.4 is 9.54 Å². The van der Waals surface area contributed by atoms with Gasteiger partial charge in [-0.3, -0.25) is 4.79 Å². The lowest BCUT2D eigenvalue weighted by atomic mass is 10.1. The van der Waals surface area contributed by atoms with Crippen LogP contribution in [0, 0.1) is 0 Å². The number of rotatable bonds is 9. The van der Waals surface area contributed by atoms with Crippen LogP contribution in [-0.2, 0) is 32.5 Å². The highest BCUT2D eigenvalue weighted by atomic mass is 32.2. The SMILES string of the molecule is CCCCc1ccc2c(c1)s/c(=N\S(=O)(=O)c1ccc(OC)cc1)n2CC(=O)OCC. The van der Waals surface area contributed by atoms with Crippen LogP contribution in [0.5, 0.6) is 5.75 Å². The third kappa shape index (κ3) is 5.54. The molecule has 1 heterocycles. The van der Waals surface area contributed by atoms with E-state index in [4.69, 9.17) is 9.47 Å². The molecule has 2 aromatic carbocycles. The molecule has 31 heavy (non-hydrogen) atoms. The fourth-order valence-electron chi connectivity index (χ4n) is 3.12. The van der Waals surface area contributed by atoms with Crippen molar-refractivity contribution in [2.75, 3.05) is 13.7 Å². The molecular weight excluding hydrogens is 436 g/mol. The van der Waals surface area contributed by atoms with E-state index in [1.807, 2.05) is 18.2 Å². The van der Waals surface area contributed by atoms with E-state index in [2.05, 4.69) is 11.3 Å². The number of aromatic nitrogens is 1. The number of fused-ring (bicyclic) bond motifs is 1. The van der Waals surface area contributed by atoms with Crippen LogP contribution in [0.15, 0.2) is 51.8 Å². The molecule has 7 nitrogen and oxygen atoms in total. The average molecular weight is 463 g/mol. The number of esters is 1. The van der Waals surface area contributed by atoms with Gasteiger partial charge in [0.25, 0.3) is 10.0 Å². The zero-order valence-corrected chi connectivity index (χ0v) is 19.5. The highest BCUT2D eigenvalue weighted by molar-refractivity contribution is 7.90. The highest BCUT2D eigenvalue weighted by Gasteiger charge is 2.17. The van der Waals surface area contributed by atoms with E-state index in [0.717, 1.165) is 29.5 Å². The lowest BCUT2D eigenvalue weighted by Gasteiger charge is -2.06. The maximum Gasteiger partial charge on any atom is 0.326 e. The monoisotopic (exact) mass is 462 g/mol. The Morgan fingerprint density at radius 1 is 1.13 bits per heavy atom. The molecule has 9 heteroatoms. The van der Waals surface area contributed by atoms with Crippen molar-refractivity contribution >= 4 is 37.5 Å². The topological polar surface area (TPSA) is 87.0 Å². The van der Waals surface area contributed by atoms with Crippen molar-refractivity contribution in [2.45, 2.75) is 44.6 Å². The molecule has 0 spiro atoms. The molecule has 0 N–H and O–H groups in total. The number of hydrogen-bond acceptors (Lipinski definition) is 6. The van der Waals surface area contributed by atoms with E-state index in [0.29, 0.717) is 5.75 Å². The Labute approximate surface area is 186 Å². The first kappa shape index (κ1) is 23.0. The average Bonchev–Trinajstić information content (AvgIpc) is 3.07. The quantitative estimate of drug-likeness (QED) is 0.450. The molecule has 0 saturated carbocycles. The first-order valence-electron chi connectivity index (χ1n) is 10.1. The molecule has 0 fully saturated rings. The number of thiazole rings is 1. The zero-order valence-electron chi connectivity index (χ0n) is 17.8. The van der Waals surface area contributed by atoms with Gasteiger partial charge in [-0.05, 0) is 61.7 Å². The summed E-state index contributed by atoms with van der Waals surface area (Å²) in [7, 11) is -2.46. The normalized spacial score (nSPS) is 12.3. The molecule has 0 aliphatic heterocycles. The third-order valence-electron chi connectivity index (χ3n) is 4.71. The summed E-state index contributed by atoms with van der Waals surface area (Å²) in [6.07, 6.45) is 3.10. The summed E-state index contributed by atoms with van der Waals surface area (Å²) in [5, 5.41) is 0. The predicted molar refractivity (Wildman–Crippen MR) is 121 cm³/mol. The second-order valence-electron chi connectivity index (χ2n) is 6.92. The van der Waals surface area contributed by atoms with Gasteiger partial charge in [0.15, 0.2) is 0 Å². The van der Waals surface area contributed by atoms with E-state index < -0.39 is 16.0 Å². The van der Waals surface area contributed by atoms with Gasteiger partial charge in [0.2, 0.25) is 4.80 Å². The molecule has 3 rings (SSSR count). The fraction of sp³-hybridized carbons (Fsp3) is 0.364. The van der Waals surface area contributed by atoms with E-state index in [-0.39, 0.29) is 22.8 Å². The Balaban J connectivity index is 2.12. The van der Waals surface area contributed by atoms with Crippen molar-refractivity contribution < 1.29 is 22.7 Å². The summed E-state index contributed by atoms with van der Waals surface area (Å²) in [5.41, 5.74) is 1.92. The van der Waals surface area contributed by atoms with E-state index in [1.54, 1.807) is 23.6 Å². The molecule has 166 valence electrons. The Hall–Kier alpha value is -2.65. The van der Waals surface area contributed by atoms with Crippen molar-refractivity contribution in [3.63, 3.8) is 0 Å². The van der Waals surface area contributed by atoms with Gasteiger partial charge >= 0.3 is 5.97 Å². The van der Waals surface area contributed by atoms with Crippen molar-refractivity contribution in [3.05, 3.63) is 52.8 Å². The number of carbonyl (C=O) groups is 1. The predicted octanol–water partition coefficient (Wildman–Crippen LogP) is 3.91. The Bertz CT molecular complexity index is 1230. The molecule has 0 aliphatic rings. The number of methoxy groups -OCH3 is 1. The van der Waals surface area contributed by atoms with Crippen LogP contribution in [-0.4, -0.2) is 32.7 Å². The van der Waals surface area contributed by atoms with Gasteiger partial charge in [-0.15, -0.1) is 4.40 Å². The number of ether oxygens (including phenoxy) is 2. The van der Waals surface area contributed by atoms with Gasteiger partial charge in [0.1, 0.15) is 12.3 Å². The first-order chi connectivity index (χ1) is 14.9. The minimum Gasteiger partial charge on any atom is -0.497 e. The van der Waals surface area contributed by atoms with Crippen LogP contribution in [0.1, 0.15) is 32.3 Å². The number of benzene rings is 2. The molecule has 0 atom stereocenters. The van der Waals surface area contributed by atoms with Crippen LogP contribution in [0.25, 0.3) is 10.2 Å². The Kier molecular flexibility index (Phi) is 7.50. The van der Waals surface area contributed by atoms with Gasteiger partial charge in [-0.1, -0.05) is 30.7 Å². The molecule has 3 aromatic rings. The molecule has 0 unspecified atom stereocenters. The Morgan fingerprint density at radius 2 is 1.87 bits per heavy atom. The van der Waals surface area contributed by atoms with E-state index in [9.17, 15) is 13.2 Å². The smallest absolute Gasteiger partial charge is 0.326 e. The van der Waals surface area contributed by atoms with E-state index in [1.165, 1.54) is 36.1 Å². The third-order valence-corrected chi connectivity index (χ3v) is 7.15. The lowest BCUT2D eigenvalue weighted by molar-refractivity contribution is -0.143. The summed E-state index contributed by atoms with van der Waals surface area (Å²) >= 11 is 1.25. The van der Waals surface area contributed by atoms with Crippen molar-refractivity contribution in [3.8, 4) is 5.75 Å². The van der Waals surface area contributed by atoms with Gasteiger partial charge < -0.3 is 14.0 Å². The minimum atomic E-state index is -3.97. The maximum atomic E-state index is 12.9. The molecule has 1 aromatic heterocycles. The van der Waals surface area contributed by atoms with Crippen molar-refractivity contribution in [1.29, 1.82) is 0 Å². The van der Waals surface area contributed by atoms with Crippen LogP contribution in [0.4, 0.5) is 0 Å². The minimum absolute atomic E-state index is 0.0528. The number of sulfonamides is 1. The largest absolute Gasteiger partial charge is 0.497 e. The van der Waals surface area contributed by atoms with Crippen LogP contribution in [0.3, 0.4) is 0 Å².